The molecule has 0 radical (unpaired) electrons. The third kappa shape index (κ3) is 11.4. The molecule has 220 valence electrons. The zero-order chi connectivity index (χ0) is 29.2. The molecular formula is C26H39N5O8Si. The van der Waals surface area contributed by atoms with Gasteiger partial charge < -0.3 is 33.3 Å². The molecule has 0 aromatic heterocycles. The van der Waals surface area contributed by atoms with Gasteiger partial charge in [0.05, 0.1) is 29.4 Å². The number of nitro groups is 1. The zero-order valence-corrected chi connectivity index (χ0v) is 24.3. The van der Waals surface area contributed by atoms with Crippen LogP contribution in [0.25, 0.3) is 0 Å². The molecule has 2 aromatic rings. The Morgan fingerprint density at radius 2 is 1.50 bits per heavy atom. The fourth-order valence-corrected chi connectivity index (χ4v) is 6.39. The van der Waals surface area contributed by atoms with Crippen molar-refractivity contribution in [1.29, 1.82) is 0 Å². The molecule has 0 bridgehead atoms. The van der Waals surface area contributed by atoms with Gasteiger partial charge in [0.25, 0.3) is 5.69 Å². The number of anilines is 1. The molecule has 0 saturated heterocycles. The van der Waals surface area contributed by atoms with Crippen LogP contribution in [0.15, 0.2) is 58.8 Å². The molecule has 0 aliphatic rings. The first-order chi connectivity index (χ1) is 19.4. The van der Waals surface area contributed by atoms with Crippen molar-refractivity contribution in [3.63, 3.8) is 0 Å². The Balaban J connectivity index is 1.80. The monoisotopic (exact) mass is 577 g/mol. The van der Waals surface area contributed by atoms with Gasteiger partial charge in [-0.1, -0.05) is 0 Å². The van der Waals surface area contributed by atoms with Crippen LogP contribution in [0.2, 0.25) is 6.04 Å². The number of hydrogen-bond donors (Lipinski definition) is 2. The molecule has 0 fully saturated rings. The van der Waals surface area contributed by atoms with E-state index in [9.17, 15) is 20.0 Å². The number of aliphatic hydroxyl groups excluding tert-OH is 1. The molecule has 0 atom stereocenters. The predicted molar refractivity (Wildman–Crippen MR) is 152 cm³/mol. The van der Waals surface area contributed by atoms with Crippen LogP contribution >= 0.6 is 0 Å². The molecule has 13 nitrogen and oxygen atoms in total. The average molecular weight is 578 g/mol. The van der Waals surface area contributed by atoms with Crippen LogP contribution in [-0.4, -0.2) is 77.6 Å². The number of nitro benzene ring substituents is 1. The summed E-state index contributed by atoms with van der Waals surface area (Å²) < 4.78 is 22.8. The molecule has 2 N–H and O–H groups in total. The van der Waals surface area contributed by atoms with E-state index in [0.29, 0.717) is 63.3 Å². The number of amides is 1. The van der Waals surface area contributed by atoms with E-state index in [2.05, 4.69) is 15.5 Å². The number of alkyl carbamates (subject to hydrolysis) is 1. The normalized spacial score (nSPS) is 11.5. The number of carbonyl (C=O) groups is 1. The lowest BCUT2D eigenvalue weighted by Crippen LogP contribution is -2.46. The summed E-state index contributed by atoms with van der Waals surface area (Å²) in [4.78, 5) is 24.3. The van der Waals surface area contributed by atoms with E-state index in [1.807, 2.05) is 37.8 Å². The van der Waals surface area contributed by atoms with Crippen molar-refractivity contribution in [2.45, 2.75) is 33.2 Å². The van der Waals surface area contributed by atoms with Crippen LogP contribution in [0, 0.1) is 10.1 Å². The fraction of sp³-hybridized carbons (Fsp3) is 0.500. The predicted octanol–water partition coefficient (Wildman–Crippen LogP) is 4.97. The number of nitrogens with one attached hydrogen (secondary N) is 1. The first kappa shape index (κ1) is 32.8. The molecule has 0 spiro atoms. The largest absolute Gasteiger partial charge is 0.500 e. The zero-order valence-electron chi connectivity index (χ0n) is 23.3. The lowest BCUT2D eigenvalue weighted by Gasteiger charge is -2.28. The van der Waals surface area contributed by atoms with Gasteiger partial charge in [-0.3, -0.25) is 10.1 Å². The molecule has 0 heterocycles. The maximum atomic E-state index is 12.2. The van der Waals surface area contributed by atoms with E-state index in [1.54, 1.807) is 12.1 Å². The minimum Gasteiger partial charge on any atom is -0.448 e. The van der Waals surface area contributed by atoms with Crippen molar-refractivity contribution >= 4 is 37.6 Å². The van der Waals surface area contributed by atoms with Gasteiger partial charge >= 0.3 is 14.9 Å². The SMILES string of the molecule is CCO[Si](CCCNC(=O)OCCN(CCO)c1ccc(N=Nc2ccc([N+](=O)[O-])cc2)cc1)(OCC)OCC. The lowest BCUT2D eigenvalue weighted by molar-refractivity contribution is -0.384. The molecule has 2 rings (SSSR count). The quantitative estimate of drug-likeness (QED) is 0.0773. The Kier molecular flexibility index (Phi) is 14.8. The highest BCUT2D eigenvalue weighted by molar-refractivity contribution is 6.60. The standard InChI is InChI=1S/C26H39N5O8Si/c1-4-37-40(38-5-2,39-6-3)21-7-16-27-26(33)36-20-18-30(17-19-32)24-12-8-22(9-13-24)28-29-23-10-14-25(15-11-23)31(34)35/h8-15,32H,4-7,16-21H2,1-3H3,(H,27,33). The van der Waals surface area contributed by atoms with Crippen molar-refractivity contribution in [3.05, 3.63) is 58.6 Å². The second-order valence-corrected chi connectivity index (χ2v) is 11.1. The average Bonchev–Trinajstić information content (AvgIpc) is 2.95. The second-order valence-electron chi connectivity index (χ2n) is 8.35. The molecular weight excluding hydrogens is 538 g/mol. The highest BCUT2D eigenvalue weighted by Gasteiger charge is 2.39. The van der Waals surface area contributed by atoms with Crippen LogP contribution in [0.4, 0.5) is 27.5 Å². The highest BCUT2D eigenvalue weighted by Crippen LogP contribution is 2.24. The molecule has 2 aromatic carbocycles. The summed E-state index contributed by atoms with van der Waals surface area (Å²) in [5, 5.41) is 31.2. The van der Waals surface area contributed by atoms with Gasteiger partial charge in [-0.05, 0) is 63.6 Å². The van der Waals surface area contributed by atoms with E-state index in [4.69, 9.17) is 18.0 Å². The first-order valence-corrected chi connectivity index (χ1v) is 15.2. The van der Waals surface area contributed by atoms with Crippen LogP contribution in [0.5, 0.6) is 0 Å². The minimum atomic E-state index is -2.74. The molecule has 40 heavy (non-hydrogen) atoms. The molecule has 0 aliphatic carbocycles. The van der Waals surface area contributed by atoms with Gasteiger partial charge in [0, 0.05) is 56.8 Å². The fourth-order valence-electron chi connectivity index (χ4n) is 3.77. The van der Waals surface area contributed by atoms with Crippen molar-refractivity contribution in [2.24, 2.45) is 10.2 Å². The molecule has 0 unspecified atom stereocenters. The number of non-ortho nitro benzene ring substituents is 1. The summed E-state index contributed by atoms with van der Waals surface area (Å²) in [7, 11) is -2.74. The van der Waals surface area contributed by atoms with E-state index >= 15 is 0 Å². The minimum absolute atomic E-state index is 0.0150. The van der Waals surface area contributed by atoms with Crippen molar-refractivity contribution < 1.29 is 32.8 Å². The van der Waals surface area contributed by atoms with Crippen LogP contribution < -0.4 is 10.2 Å². The van der Waals surface area contributed by atoms with Gasteiger partial charge in [0.15, 0.2) is 0 Å². The van der Waals surface area contributed by atoms with E-state index in [-0.39, 0.29) is 18.9 Å². The van der Waals surface area contributed by atoms with Crippen molar-refractivity contribution in [1.82, 2.24) is 5.32 Å². The van der Waals surface area contributed by atoms with E-state index in [0.717, 1.165) is 5.69 Å². The molecule has 0 saturated carbocycles. The van der Waals surface area contributed by atoms with Crippen molar-refractivity contribution in [3.8, 4) is 0 Å². The van der Waals surface area contributed by atoms with Gasteiger partial charge in [-0.25, -0.2) is 4.79 Å². The number of benzene rings is 2. The number of azo groups is 1. The number of aliphatic hydroxyl groups is 1. The van der Waals surface area contributed by atoms with E-state index < -0.39 is 19.8 Å². The summed E-state index contributed by atoms with van der Waals surface area (Å²) in [5.74, 6) is 0. The number of rotatable bonds is 19. The van der Waals surface area contributed by atoms with Crippen LogP contribution in [0.3, 0.4) is 0 Å². The maximum Gasteiger partial charge on any atom is 0.500 e. The third-order valence-electron chi connectivity index (χ3n) is 5.54. The number of nitrogens with zero attached hydrogens (tertiary/aromatic N) is 4. The molecule has 0 aliphatic heterocycles. The Morgan fingerprint density at radius 1 is 0.950 bits per heavy atom. The Bertz CT molecular complexity index is 1040. The topological polar surface area (TPSA) is 157 Å². The Morgan fingerprint density at radius 3 is 2.00 bits per heavy atom. The van der Waals surface area contributed by atoms with Gasteiger partial charge in [-0.15, -0.1) is 0 Å². The summed E-state index contributed by atoms with van der Waals surface area (Å²) in [6.07, 6.45) is 0.105. The van der Waals surface area contributed by atoms with Crippen LogP contribution in [-0.2, 0) is 18.0 Å². The molecule has 1 amide bonds. The van der Waals surface area contributed by atoms with Crippen molar-refractivity contribution in [2.75, 3.05) is 57.6 Å². The Labute approximate surface area is 235 Å². The molecule has 14 heteroatoms. The summed E-state index contributed by atoms with van der Waals surface area (Å²) in [6.45, 7) is 8.40. The maximum absolute atomic E-state index is 12.2. The van der Waals surface area contributed by atoms with Gasteiger partial charge in [0.1, 0.15) is 6.61 Å². The van der Waals surface area contributed by atoms with Gasteiger partial charge in [-0.2, -0.15) is 10.2 Å². The smallest absolute Gasteiger partial charge is 0.448 e. The number of ether oxygens (including phenoxy) is 1. The highest BCUT2D eigenvalue weighted by atomic mass is 28.4. The summed E-state index contributed by atoms with van der Waals surface area (Å²) in [5.41, 5.74) is 1.88. The van der Waals surface area contributed by atoms with E-state index in [1.165, 1.54) is 24.3 Å². The number of hydrogen-bond acceptors (Lipinski definition) is 11. The Hall–Kier alpha value is -3.43. The second kappa shape index (κ2) is 18.0. The third-order valence-corrected chi connectivity index (χ3v) is 8.69. The lowest BCUT2D eigenvalue weighted by atomic mass is 10.2. The summed E-state index contributed by atoms with van der Waals surface area (Å²) >= 11 is 0. The first-order valence-electron chi connectivity index (χ1n) is 13.3. The van der Waals surface area contributed by atoms with Crippen LogP contribution in [0.1, 0.15) is 27.2 Å². The number of carbonyl (C=O) groups excluding carboxylic acids is 1. The summed E-state index contributed by atoms with van der Waals surface area (Å²) in [6, 6.07) is 13.5. The van der Waals surface area contributed by atoms with Gasteiger partial charge in [0.2, 0.25) is 0 Å².